The van der Waals surface area contributed by atoms with E-state index in [-0.39, 0.29) is 30.6 Å². The van der Waals surface area contributed by atoms with Crippen LogP contribution in [0.4, 0.5) is 0 Å². The molecule has 1 aliphatic rings. The third-order valence-corrected chi connectivity index (χ3v) is 5.42. The molecule has 1 amide bonds. The molecule has 1 unspecified atom stereocenters. The van der Waals surface area contributed by atoms with E-state index in [9.17, 15) is 14.7 Å². The average Bonchev–Trinajstić information content (AvgIpc) is 3.01. The second-order valence-corrected chi connectivity index (χ2v) is 8.58. The van der Waals surface area contributed by atoms with Crippen molar-refractivity contribution in [2.75, 3.05) is 0 Å². The number of benzene rings is 1. The highest BCUT2D eigenvalue weighted by Crippen LogP contribution is 2.36. The fourth-order valence-electron chi connectivity index (χ4n) is 3.54. The van der Waals surface area contributed by atoms with Crippen LogP contribution in [0.15, 0.2) is 24.3 Å². The quantitative estimate of drug-likeness (QED) is 0.693. The molecule has 0 bridgehead atoms. The highest BCUT2D eigenvalue weighted by molar-refractivity contribution is 5.93. The summed E-state index contributed by atoms with van der Waals surface area (Å²) in [5.41, 5.74) is 7.43. The van der Waals surface area contributed by atoms with Crippen molar-refractivity contribution >= 4 is 11.7 Å². The van der Waals surface area contributed by atoms with E-state index >= 15 is 0 Å². The largest absolute Gasteiger partial charge is 0.393 e. The van der Waals surface area contributed by atoms with Crippen LogP contribution in [0.1, 0.15) is 57.7 Å². The number of terminal acetylenes is 1. The first kappa shape index (κ1) is 21.1. The van der Waals surface area contributed by atoms with Gasteiger partial charge in [-0.15, -0.1) is 6.42 Å². The van der Waals surface area contributed by atoms with Gasteiger partial charge in [-0.2, -0.15) is 0 Å². The van der Waals surface area contributed by atoms with Crippen LogP contribution >= 0.6 is 0 Å². The van der Waals surface area contributed by atoms with E-state index in [1.807, 2.05) is 52.0 Å². The number of carbonyl (C=O) groups is 2. The summed E-state index contributed by atoms with van der Waals surface area (Å²) in [4.78, 5) is 25.7. The van der Waals surface area contributed by atoms with Gasteiger partial charge in [0.25, 0.3) is 0 Å². The smallest absolute Gasteiger partial charge is 0.224 e. The summed E-state index contributed by atoms with van der Waals surface area (Å²) in [5.74, 6) is 1.08. The number of ketones is 1. The topological polar surface area (TPSA) is 92.4 Å². The molecule has 5 nitrogen and oxygen atoms in total. The van der Waals surface area contributed by atoms with Crippen LogP contribution in [0.3, 0.4) is 0 Å². The predicted octanol–water partition coefficient (Wildman–Crippen LogP) is 2.17. The highest BCUT2D eigenvalue weighted by atomic mass is 16.3. The van der Waals surface area contributed by atoms with Gasteiger partial charge in [0.1, 0.15) is 0 Å². The van der Waals surface area contributed by atoms with Crippen LogP contribution in [0, 0.1) is 29.6 Å². The maximum absolute atomic E-state index is 12.8. The predicted molar refractivity (Wildman–Crippen MR) is 106 cm³/mol. The molecule has 5 heteroatoms. The van der Waals surface area contributed by atoms with Crippen molar-refractivity contribution in [2.45, 2.75) is 58.7 Å². The summed E-state index contributed by atoms with van der Waals surface area (Å²) >= 11 is 0. The van der Waals surface area contributed by atoms with Gasteiger partial charge in [0, 0.05) is 11.5 Å². The fraction of sp³-hybridized carbons (Fsp3) is 0.545. The number of rotatable bonds is 5. The zero-order valence-electron chi connectivity index (χ0n) is 16.5. The molecule has 1 aliphatic carbocycles. The molecule has 1 saturated carbocycles. The zero-order chi connectivity index (χ0) is 20.4. The van der Waals surface area contributed by atoms with Crippen LogP contribution < -0.4 is 11.1 Å². The minimum absolute atomic E-state index is 0.148. The second-order valence-electron chi connectivity index (χ2n) is 8.58. The number of Topliss-reactive ketones (excluding diaryl/α,β-unsaturated/α-hetero) is 1. The molecule has 0 spiro atoms. The van der Waals surface area contributed by atoms with E-state index in [1.165, 1.54) is 0 Å². The lowest BCUT2D eigenvalue weighted by Gasteiger charge is -2.30. The van der Waals surface area contributed by atoms with Gasteiger partial charge in [-0.3, -0.25) is 9.59 Å². The van der Waals surface area contributed by atoms with Crippen molar-refractivity contribution in [1.82, 2.24) is 5.32 Å². The molecule has 0 saturated heterocycles. The van der Waals surface area contributed by atoms with Gasteiger partial charge in [-0.05, 0) is 42.9 Å². The van der Waals surface area contributed by atoms with Crippen LogP contribution in [0.5, 0.6) is 0 Å². The lowest BCUT2D eigenvalue weighted by atomic mass is 9.78. The monoisotopic (exact) mass is 370 g/mol. The number of hydrogen-bond acceptors (Lipinski definition) is 4. The van der Waals surface area contributed by atoms with E-state index < -0.39 is 29.4 Å². The molecule has 27 heavy (non-hydrogen) atoms. The Balaban J connectivity index is 2.10. The summed E-state index contributed by atoms with van der Waals surface area (Å²) < 4.78 is 0. The lowest BCUT2D eigenvalue weighted by molar-refractivity contribution is -0.134. The molecule has 1 aromatic rings. The second kappa shape index (κ2) is 8.24. The highest BCUT2D eigenvalue weighted by Gasteiger charge is 2.45. The van der Waals surface area contributed by atoms with E-state index in [0.29, 0.717) is 0 Å². The number of carbonyl (C=O) groups excluding carboxylic acids is 2. The Labute approximate surface area is 161 Å². The van der Waals surface area contributed by atoms with E-state index in [4.69, 9.17) is 12.2 Å². The van der Waals surface area contributed by atoms with Crippen molar-refractivity contribution in [3.63, 3.8) is 0 Å². The number of aliphatic hydroxyl groups is 1. The lowest BCUT2D eigenvalue weighted by Crippen LogP contribution is -2.48. The van der Waals surface area contributed by atoms with Gasteiger partial charge in [-0.25, -0.2) is 0 Å². The van der Waals surface area contributed by atoms with Crippen molar-refractivity contribution in [3.05, 3.63) is 35.4 Å². The van der Waals surface area contributed by atoms with Gasteiger partial charge in [0.05, 0.1) is 24.1 Å². The van der Waals surface area contributed by atoms with Crippen LogP contribution in [0.2, 0.25) is 0 Å². The Morgan fingerprint density at radius 1 is 1.22 bits per heavy atom. The minimum atomic E-state index is -0.670. The molecule has 0 aliphatic heterocycles. The van der Waals surface area contributed by atoms with Crippen molar-refractivity contribution in [1.29, 1.82) is 0 Å². The SMILES string of the molecule is C#Cc1ccc([C@H](C)NC(=O)[C@@H]2C[C@@H](O)CC2C(=O)[C@@H](N)C(C)(C)C)cc1. The van der Waals surface area contributed by atoms with Crippen molar-refractivity contribution in [2.24, 2.45) is 23.0 Å². The summed E-state index contributed by atoms with van der Waals surface area (Å²) in [6.45, 7) is 7.58. The molecule has 4 N–H and O–H groups in total. The molecule has 1 aromatic carbocycles. The molecule has 5 atom stereocenters. The number of nitrogens with one attached hydrogen (secondary N) is 1. The molecule has 0 radical (unpaired) electrons. The summed E-state index contributed by atoms with van der Waals surface area (Å²) in [6.07, 6.45) is 5.27. The zero-order valence-corrected chi connectivity index (χ0v) is 16.5. The normalized spacial score (nSPS) is 24.7. The number of amides is 1. The van der Waals surface area contributed by atoms with E-state index in [0.717, 1.165) is 11.1 Å². The third kappa shape index (κ3) is 4.97. The maximum atomic E-state index is 12.8. The first-order valence-electron chi connectivity index (χ1n) is 9.39. The standard InChI is InChI=1S/C22H30N2O3/c1-6-14-7-9-15(10-8-14)13(2)24-21(27)18-12-16(25)11-17(18)19(26)20(23)22(3,4)5/h1,7-10,13,16-18,20,25H,11-12,23H2,2-5H3,(H,24,27)/t13-,16-,17?,18+,20+/m0/s1. The number of nitrogens with two attached hydrogens (primary N) is 1. The molecular weight excluding hydrogens is 340 g/mol. The molecule has 146 valence electrons. The molecule has 0 aromatic heterocycles. The van der Waals surface area contributed by atoms with Crippen LogP contribution in [0.25, 0.3) is 0 Å². The van der Waals surface area contributed by atoms with Gasteiger partial charge in [-0.1, -0.05) is 38.8 Å². The Bertz CT molecular complexity index is 727. The number of aliphatic hydroxyl groups excluding tert-OH is 1. The van der Waals surface area contributed by atoms with Crippen LogP contribution in [-0.2, 0) is 9.59 Å². The van der Waals surface area contributed by atoms with Crippen molar-refractivity contribution in [3.8, 4) is 12.3 Å². The van der Waals surface area contributed by atoms with Crippen molar-refractivity contribution < 1.29 is 14.7 Å². The van der Waals surface area contributed by atoms with E-state index in [2.05, 4.69) is 11.2 Å². The molecule has 2 rings (SSSR count). The van der Waals surface area contributed by atoms with Gasteiger partial charge < -0.3 is 16.2 Å². The fourth-order valence-corrected chi connectivity index (χ4v) is 3.54. The molecular formula is C22H30N2O3. The Kier molecular flexibility index (Phi) is 6.46. The number of hydrogen-bond donors (Lipinski definition) is 3. The average molecular weight is 370 g/mol. The molecule has 0 heterocycles. The first-order chi connectivity index (χ1) is 12.5. The van der Waals surface area contributed by atoms with E-state index in [1.54, 1.807) is 0 Å². The molecule has 1 fully saturated rings. The Morgan fingerprint density at radius 3 is 2.30 bits per heavy atom. The van der Waals surface area contributed by atoms with Crippen LogP contribution in [-0.4, -0.2) is 28.9 Å². The maximum Gasteiger partial charge on any atom is 0.224 e. The first-order valence-corrected chi connectivity index (χ1v) is 9.39. The summed E-state index contributed by atoms with van der Waals surface area (Å²) in [5, 5.41) is 13.0. The van der Waals surface area contributed by atoms with Gasteiger partial charge in [0.2, 0.25) is 5.91 Å². The Hall–Kier alpha value is -2.16. The minimum Gasteiger partial charge on any atom is -0.393 e. The third-order valence-electron chi connectivity index (χ3n) is 5.42. The van der Waals surface area contributed by atoms with Gasteiger partial charge in [0.15, 0.2) is 5.78 Å². The summed E-state index contributed by atoms with van der Waals surface area (Å²) in [6, 6.07) is 6.51. The summed E-state index contributed by atoms with van der Waals surface area (Å²) in [7, 11) is 0. The Morgan fingerprint density at radius 2 is 1.78 bits per heavy atom. The van der Waals surface area contributed by atoms with Gasteiger partial charge >= 0.3 is 0 Å².